The fourth-order valence-corrected chi connectivity index (χ4v) is 3.72. The molecule has 5 nitrogen and oxygen atoms in total. The Morgan fingerprint density at radius 1 is 1.52 bits per heavy atom. The Morgan fingerprint density at radius 3 is 2.96 bits per heavy atom. The van der Waals surface area contributed by atoms with Crippen LogP contribution in [0.1, 0.15) is 44.3 Å². The second-order valence-corrected chi connectivity index (χ2v) is 8.04. The van der Waals surface area contributed by atoms with Gasteiger partial charge in [-0.25, -0.2) is 4.79 Å². The SMILES string of the molecule is Cc1ccc(C2CSCCN2C(=O)NCCCC(C)(C)CO)o1. The third-order valence-corrected chi connectivity index (χ3v) is 5.24. The van der Waals surface area contributed by atoms with Crippen LogP contribution in [0.5, 0.6) is 0 Å². The van der Waals surface area contributed by atoms with E-state index in [1.807, 2.05) is 49.6 Å². The number of nitrogens with zero attached hydrogens (tertiary/aromatic N) is 1. The van der Waals surface area contributed by atoms with Crippen molar-refractivity contribution in [3.05, 3.63) is 23.7 Å². The topological polar surface area (TPSA) is 65.7 Å². The lowest BCUT2D eigenvalue weighted by atomic mass is 9.89. The molecule has 0 aliphatic carbocycles. The molecule has 2 heterocycles. The molecule has 2 N–H and O–H groups in total. The van der Waals surface area contributed by atoms with Crippen molar-refractivity contribution in [3.63, 3.8) is 0 Å². The van der Waals surface area contributed by atoms with E-state index in [1.54, 1.807) is 0 Å². The second kappa shape index (κ2) is 8.11. The molecule has 2 rings (SSSR count). The Hall–Kier alpha value is -1.14. The van der Waals surface area contributed by atoms with E-state index in [9.17, 15) is 9.90 Å². The first-order valence-corrected chi connectivity index (χ1v) is 9.38. The van der Waals surface area contributed by atoms with E-state index in [-0.39, 0.29) is 24.1 Å². The average molecular weight is 340 g/mol. The fourth-order valence-electron chi connectivity index (χ4n) is 2.66. The van der Waals surface area contributed by atoms with Gasteiger partial charge in [-0.1, -0.05) is 13.8 Å². The van der Waals surface area contributed by atoms with Gasteiger partial charge in [0, 0.05) is 31.2 Å². The molecule has 1 aromatic heterocycles. The number of aliphatic hydroxyl groups excluding tert-OH is 1. The van der Waals surface area contributed by atoms with E-state index in [4.69, 9.17) is 4.42 Å². The number of hydrogen-bond donors (Lipinski definition) is 2. The summed E-state index contributed by atoms with van der Waals surface area (Å²) in [5.41, 5.74) is -0.0826. The van der Waals surface area contributed by atoms with E-state index in [0.29, 0.717) is 6.54 Å². The number of aliphatic hydroxyl groups is 1. The van der Waals surface area contributed by atoms with Gasteiger partial charge in [0.1, 0.15) is 17.6 Å². The molecule has 1 fully saturated rings. The first-order chi connectivity index (χ1) is 10.9. The molecule has 1 aliphatic rings. The number of carbonyl (C=O) groups excluding carboxylic acids is 1. The fraction of sp³-hybridized carbons (Fsp3) is 0.706. The third kappa shape index (κ3) is 5.18. The largest absolute Gasteiger partial charge is 0.464 e. The van der Waals surface area contributed by atoms with Gasteiger partial charge < -0.3 is 19.7 Å². The lowest BCUT2D eigenvalue weighted by Crippen LogP contribution is -2.46. The molecule has 2 amide bonds. The monoisotopic (exact) mass is 340 g/mol. The molecule has 0 spiro atoms. The highest BCUT2D eigenvalue weighted by Crippen LogP contribution is 2.30. The van der Waals surface area contributed by atoms with Crippen molar-refractivity contribution >= 4 is 17.8 Å². The lowest BCUT2D eigenvalue weighted by molar-refractivity contribution is 0.146. The summed E-state index contributed by atoms with van der Waals surface area (Å²) in [4.78, 5) is 14.4. The molecule has 130 valence electrons. The molecule has 6 heteroatoms. The minimum atomic E-state index is -0.0826. The Bertz CT molecular complexity index is 516. The number of rotatable bonds is 6. The summed E-state index contributed by atoms with van der Waals surface area (Å²) in [5, 5.41) is 12.3. The Kier molecular flexibility index (Phi) is 6.41. The summed E-state index contributed by atoms with van der Waals surface area (Å²) in [6, 6.07) is 3.90. The zero-order valence-electron chi connectivity index (χ0n) is 14.3. The quantitative estimate of drug-likeness (QED) is 0.781. The maximum absolute atomic E-state index is 12.5. The third-order valence-electron chi connectivity index (χ3n) is 4.21. The molecule has 1 atom stereocenters. The molecule has 1 aromatic rings. The molecule has 0 aromatic carbocycles. The molecular weight excluding hydrogens is 312 g/mol. The van der Waals surface area contributed by atoms with Crippen LogP contribution in [-0.2, 0) is 0 Å². The molecule has 0 radical (unpaired) electrons. The van der Waals surface area contributed by atoms with Crippen LogP contribution >= 0.6 is 11.8 Å². The van der Waals surface area contributed by atoms with Gasteiger partial charge in [-0.3, -0.25) is 0 Å². The van der Waals surface area contributed by atoms with Crippen molar-refractivity contribution < 1.29 is 14.3 Å². The normalized spacial score (nSPS) is 19.0. The van der Waals surface area contributed by atoms with E-state index in [1.165, 1.54) is 0 Å². The van der Waals surface area contributed by atoms with Crippen molar-refractivity contribution in [1.29, 1.82) is 0 Å². The predicted octanol–water partition coefficient (Wildman–Crippen LogP) is 3.19. The number of urea groups is 1. The number of nitrogens with one attached hydrogen (secondary N) is 1. The summed E-state index contributed by atoms with van der Waals surface area (Å²) in [7, 11) is 0. The van der Waals surface area contributed by atoms with Crippen molar-refractivity contribution in [2.45, 2.75) is 39.7 Å². The van der Waals surface area contributed by atoms with Crippen molar-refractivity contribution in [2.24, 2.45) is 5.41 Å². The number of amides is 2. The van der Waals surface area contributed by atoms with Crippen molar-refractivity contribution in [3.8, 4) is 0 Å². The first-order valence-electron chi connectivity index (χ1n) is 8.22. The summed E-state index contributed by atoms with van der Waals surface area (Å²) in [6.07, 6.45) is 1.76. The number of aryl methyl sites for hydroxylation is 1. The second-order valence-electron chi connectivity index (χ2n) is 6.89. The zero-order valence-corrected chi connectivity index (χ0v) is 15.1. The van der Waals surface area contributed by atoms with Crippen LogP contribution < -0.4 is 5.32 Å². The standard InChI is InChI=1S/C17H28N2O3S/c1-13-5-6-15(22-13)14-11-23-10-9-19(14)16(21)18-8-4-7-17(2,3)12-20/h5-6,14,20H,4,7-12H2,1-3H3,(H,18,21). The Balaban J connectivity index is 1.86. The van der Waals surface area contributed by atoms with E-state index in [0.717, 1.165) is 42.4 Å². The Labute approximate surface area is 142 Å². The molecule has 1 aliphatic heterocycles. The highest BCUT2D eigenvalue weighted by atomic mass is 32.2. The molecule has 23 heavy (non-hydrogen) atoms. The van der Waals surface area contributed by atoms with Gasteiger partial charge in [0.2, 0.25) is 0 Å². The number of thioether (sulfide) groups is 1. The van der Waals surface area contributed by atoms with Crippen molar-refractivity contribution in [2.75, 3.05) is 31.2 Å². The lowest BCUT2D eigenvalue weighted by Gasteiger charge is -2.34. The average Bonchev–Trinajstić information content (AvgIpc) is 2.98. The van der Waals surface area contributed by atoms with Gasteiger partial charge in [-0.2, -0.15) is 11.8 Å². The van der Waals surface area contributed by atoms with Crippen LogP contribution in [0.15, 0.2) is 16.5 Å². The maximum Gasteiger partial charge on any atom is 0.318 e. The van der Waals surface area contributed by atoms with Gasteiger partial charge in [0.05, 0.1) is 0 Å². The van der Waals surface area contributed by atoms with Crippen LogP contribution in [0.4, 0.5) is 4.79 Å². The highest BCUT2D eigenvalue weighted by molar-refractivity contribution is 7.99. The number of hydrogen-bond acceptors (Lipinski definition) is 4. The van der Waals surface area contributed by atoms with E-state index >= 15 is 0 Å². The van der Waals surface area contributed by atoms with Gasteiger partial charge in [0.15, 0.2) is 0 Å². The summed E-state index contributed by atoms with van der Waals surface area (Å²) >= 11 is 1.85. The first kappa shape index (κ1) is 18.2. The minimum absolute atomic E-state index is 0.0105. The molecular formula is C17H28N2O3S. The van der Waals surface area contributed by atoms with Crippen LogP contribution in [0.3, 0.4) is 0 Å². The van der Waals surface area contributed by atoms with Crippen molar-refractivity contribution in [1.82, 2.24) is 10.2 Å². The van der Waals surface area contributed by atoms with Crippen LogP contribution in [0.25, 0.3) is 0 Å². The highest BCUT2D eigenvalue weighted by Gasteiger charge is 2.30. The molecule has 0 bridgehead atoms. The molecule has 1 unspecified atom stereocenters. The van der Waals surface area contributed by atoms with Crippen LogP contribution in [0, 0.1) is 12.3 Å². The smallest absolute Gasteiger partial charge is 0.318 e. The maximum atomic E-state index is 12.5. The van der Waals surface area contributed by atoms with Gasteiger partial charge in [-0.05, 0) is 37.3 Å². The van der Waals surface area contributed by atoms with E-state index < -0.39 is 0 Å². The van der Waals surface area contributed by atoms with Crippen LogP contribution in [0.2, 0.25) is 0 Å². The van der Waals surface area contributed by atoms with Gasteiger partial charge in [-0.15, -0.1) is 0 Å². The minimum Gasteiger partial charge on any atom is -0.464 e. The summed E-state index contributed by atoms with van der Waals surface area (Å²) in [5.74, 6) is 3.58. The van der Waals surface area contributed by atoms with Crippen LogP contribution in [-0.4, -0.2) is 47.2 Å². The van der Waals surface area contributed by atoms with Gasteiger partial charge in [0.25, 0.3) is 0 Å². The zero-order chi connectivity index (χ0) is 16.9. The number of furan rings is 1. The molecule has 0 saturated carbocycles. The van der Waals surface area contributed by atoms with E-state index in [2.05, 4.69) is 5.32 Å². The molecule has 1 saturated heterocycles. The summed E-state index contributed by atoms with van der Waals surface area (Å²) < 4.78 is 5.73. The summed E-state index contributed by atoms with van der Waals surface area (Å²) in [6.45, 7) is 7.54. The number of carbonyl (C=O) groups is 1. The van der Waals surface area contributed by atoms with Gasteiger partial charge >= 0.3 is 6.03 Å². The predicted molar refractivity (Wildman–Crippen MR) is 93.7 cm³/mol. The Morgan fingerprint density at radius 2 is 2.30 bits per heavy atom.